The van der Waals surface area contributed by atoms with Crippen LogP contribution in [-0.4, -0.2) is 40.7 Å². The number of pyridine rings is 1. The highest BCUT2D eigenvalue weighted by atomic mass is 35.5. The standard InChI is InChI=1S/C29H22ClF4N5O3/c30-22-4-2-1-3-21(22)26(27(41)37-19-13-29(33,34)14-19)38(20-11-17(31)10-18(32)12-20)28(42)23-5-6-25(40)39(23)24-9-16(15-35)7-8-36-24/h1-4,7-12,19,23,26H,5-6,13-14H2,(H,37,41). The zero-order valence-electron chi connectivity index (χ0n) is 21.7. The molecular formula is C29H22ClF4N5O3. The molecule has 13 heteroatoms. The van der Waals surface area contributed by atoms with Crippen LogP contribution in [0.5, 0.6) is 0 Å². The summed E-state index contributed by atoms with van der Waals surface area (Å²) in [6, 6.07) is 8.97. The van der Waals surface area contributed by atoms with Gasteiger partial charge < -0.3 is 5.32 Å². The lowest BCUT2D eigenvalue weighted by Gasteiger charge is -2.39. The lowest BCUT2D eigenvalue weighted by atomic mass is 9.87. The summed E-state index contributed by atoms with van der Waals surface area (Å²) in [4.78, 5) is 47.2. The van der Waals surface area contributed by atoms with Gasteiger partial charge in [-0.1, -0.05) is 29.8 Å². The molecule has 0 spiro atoms. The van der Waals surface area contributed by atoms with Gasteiger partial charge in [0.2, 0.25) is 11.8 Å². The fourth-order valence-corrected chi connectivity index (χ4v) is 5.44. The molecule has 2 heterocycles. The molecule has 1 aliphatic heterocycles. The summed E-state index contributed by atoms with van der Waals surface area (Å²) in [6.07, 6.45) is -0.101. The smallest absolute Gasteiger partial charge is 0.252 e. The van der Waals surface area contributed by atoms with Crippen molar-refractivity contribution in [2.45, 2.75) is 49.7 Å². The number of nitrogens with zero attached hydrogens (tertiary/aromatic N) is 4. The lowest BCUT2D eigenvalue weighted by molar-refractivity contribution is -0.133. The van der Waals surface area contributed by atoms with Gasteiger partial charge in [0.15, 0.2) is 0 Å². The Balaban J connectivity index is 1.63. The molecule has 0 radical (unpaired) electrons. The van der Waals surface area contributed by atoms with Crippen molar-refractivity contribution in [3.63, 3.8) is 0 Å². The minimum absolute atomic E-state index is 0.00397. The van der Waals surface area contributed by atoms with Crippen LogP contribution in [0.4, 0.5) is 29.1 Å². The number of alkyl halides is 2. The fourth-order valence-electron chi connectivity index (χ4n) is 5.20. The molecule has 0 bridgehead atoms. The van der Waals surface area contributed by atoms with E-state index in [1.807, 2.05) is 6.07 Å². The van der Waals surface area contributed by atoms with Crippen molar-refractivity contribution in [2.75, 3.05) is 9.80 Å². The molecule has 216 valence electrons. The molecule has 2 unspecified atom stereocenters. The molecule has 3 amide bonds. The number of carbonyl (C=O) groups is 3. The molecule has 1 saturated heterocycles. The number of hydrogen-bond acceptors (Lipinski definition) is 5. The lowest BCUT2D eigenvalue weighted by Crippen LogP contribution is -2.56. The minimum atomic E-state index is -2.96. The maximum absolute atomic E-state index is 14.5. The third-order valence-electron chi connectivity index (χ3n) is 7.12. The SMILES string of the molecule is N#Cc1ccnc(N2C(=O)CCC2C(=O)N(c2cc(F)cc(F)c2)C(C(=O)NC2CC(F)(F)C2)c2ccccc2Cl)c1. The number of hydrogen-bond donors (Lipinski definition) is 1. The highest BCUT2D eigenvalue weighted by Gasteiger charge is 2.48. The van der Waals surface area contributed by atoms with Gasteiger partial charge >= 0.3 is 0 Å². The van der Waals surface area contributed by atoms with Crippen LogP contribution in [0.25, 0.3) is 0 Å². The zero-order chi connectivity index (χ0) is 30.2. The molecule has 5 rings (SSSR count). The Kier molecular flexibility index (Phi) is 7.88. The third kappa shape index (κ3) is 5.78. The Morgan fingerprint density at radius 1 is 1.12 bits per heavy atom. The van der Waals surface area contributed by atoms with Gasteiger partial charge in [-0.05, 0) is 36.8 Å². The molecule has 2 atom stereocenters. The molecule has 2 fully saturated rings. The summed E-state index contributed by atoms with van der Waals surface area (Å²) >= 11 is 6.44. The molecule has 1 N–H and O–H groups in total. The first kappa shape index (κ1) is 29.0. The van der Waals surface area contributed by atoms with E-state index in [4.69, 9.17) is 11.6 Å². The molecule has 8 nitrogen and oxygen atoms in total. The number of carbonyl (C=O) groups excluding carboxylic acids is 3. The van der Waals surface area contributed by atoms with Crippen LogP contribution < -0.4 is 15.1 Å². The van der Waals surface area contributed by atoms with Crippen LogP contribution in [-0.2, 0) is 14.4 Å². The van der Waals surface area contributed by atoms with Crippen LogP contribution in [0.15, 0.2) is 60.8 Å². The molecule has 1 aliphatic carbocycles. The first-order valence-corrected chi connectivity index (χ1v) is 13.3. The van der Waals surface area contributed by atoms with Crippen LogP contribution in [0.1, 0.15) is 42.9 Å². The Labute approximate surface area is 242 Å². The normalized spacial score (nSPS) is 18.6. The maximum atomic E-state index is 14.5. The first-order chi connectivity index (χ1) is 20.0. The van der Waals surface area contributed by atoms with Gasteiger partial charge in [-0.2, -0.15) is 5.26 Å². The molecular weight excluding hydrogens is 578 g/mol. The molecule has 2 aliphatic rings. The Bertz CT molecular complexity index is 1590. The predicted octanol–water partition coefficient (Wildman–Crippen LogP) is 5.07. The second kappa shape index (κ2) is 11.4. The molecule has 3 aromatic rings. The second-order valence-electron chi connectivity index (χ2n) is 10.1. The van der Waals surface area contributed by atoms with Crippen molar-refractivity contribution in [3.05, 3.63) is 88.6 Å². The van der Waals surface area contributed by atoms with E-state index >= 15 is 0 Å². The highest BCUT2D eigenvalue weighted by Crippen LogP contribution is 2.40. The van der Waals surface area contributed by atoms with E-state index in [1.54, 1.807) is 6.07 Å². The van der Waals surface area contributed by atoms with Crippen LogP contribution in [0, 0.1) is 23.0 Å². The summed E-state index contributed by atoms with van der Waals surface area (Å²) in [5, 5.41) is 11.8. The fraction of sp³-hybridized carbons (Fsp3) is 0.276. The number of benzene rings is 2. The first-order valence-electron chi connectivity index (χ1n) is 12.9. The molecule has 1 aromatic heterocycles. The summed E-state index contributed by atoms with van der Waals surface area (Å²) in [6.45, 7) is 0. The number of nitriles is 1. The predicted molar refractivity (Wildman–Crippen MR) is 144 cm³/mol. The summed E-state index contributed by atoms with van der Waals surface area (Å²) < 4.78 is 56.2. The van der Waals surface area contributed by atoms with Crippen LogP contribution >= 0.6 is 11.6 Å². The van der Waals surface area contributed by atoms with Crippen molar-refractivity contribution < 1.29 is 31.9 Å². The quantitative estimate of drug-likeness (QED) is 0.382. The van der Waals surface area contributed by atoms with Gasteiger partial charge in [-0.15, -0.1) is 0 Å². The summed E-state index contributed by atoms with van der Waals surface area (Å²) in [5.74, 6) is -7.40. The Morgan fingerprint density at radius 2 is 1.81 bits per heavy atom. The van der Waals surface area contributed by atoms with Crippen molar-refractivity contribution in [2.24, 2.45) is 0 Å². The molecule has 42 heavy (non-hydrogen) atoms. The topological polar surface area (TPSA) is 106 Å². The van der Waals surface area contributed by atoms with Crippen molar-refractivity contribution in [1.82, 2.24) is 10.3 Å². The van der Waals surface area contributed by atoms with Gasteiger partial charge in [0.25, 0.3) is 11.8 Å². The van der Waals surface area contributed by atoms with E-state index in [0.717, 1.165) is 21.9 Å². The largest absolute Gasteiger partial charge is 0.351 e. The number of amides is 3. The summed E-state index contributed by atoms with van der Waals surface area (Å²) in [7, 11) is 0. The van der Waals surface area contributed by atoms with E-state index in [-0.39, 0.29) is 40.5 Å². The van der Waals surface area contributed by atoms with E-state index < -0.39 is 66.2 Å². The highest BCUT2D eigenvalue weighted by molar-refractivity contribution is 6.31. The van der Waals surface area contributed by atoms with Gasteiger partial charge in [0.05, 0.1) is 17.3 Å². The number of nitrogens with one attached hydrogen (secondary N) is 1. The van der Waals surface area contributed by atoms with E-state index in [9.17, 15) is 37.2 Å². The van der Waals surface area contributed by atoms with Gasteiger partial charge in [-0.25, -0.2) is 22.5 Å². The monoisotopic (exact) mass is 599 g/mol. The molecule has 1 saturated carbocycles. The number of halogens is 5. The number of rotatable bonds is 7. The number of anilines is 2. The summed E-state index contributed by atoms with van der Waals surface area (Å²) in [5.41, 5.74) is -0.142. The number of aromatic nitrogens is 1. The van der Waals surface area contributed by atoms with Crippen LogP contribution in [0.3, 0.4) is 0 Å². The minimum Gasteiger partial charge on any atom is -0.351 e. The van der Waals surface area contributed by atoms with E-state index in [2.05, 4.69) is 10.3 Å². The second-order valence-corrected chi connectivity index (χ2v) is 10.5. The maximum Gasteiger partial charge on any atom is 0.252 e. The van der Waals surface area contributed by atoms with Crippen molar-refractivity contribution >= 4 is 40.8 Å². The van der Waals surface area contributed by atoms with Gasteiger partial charge in [0.1, 0.15) is 29.5 Å². The zero-order valence-corrected chi connectivity index (χ0v) is 22.5. The Hall–Kier alpha value is -4.50. The van der Waals surface area contributed by atoms with Crippen molar-refractivity contribution in [3.8, 4) is 6.07 Å². The van der Waals surface area contributed by atoms with Crippen molar-refractivity contribution in [1.29, 1.82) is 5.26 Å². The van der Waals surface area contributed by atoms with Gasteiger partial charge in [0, 0.05) is 48.2 Å². The van der Waals surface area contributed by atoms with E-state index in [0.29, 0.717) is 6.07 Å². The van der Waals surface area contributed by atoms with E-state index in [1.165, 1.54) is 36.5 Å². The Morgan fingerprint density at radius 3 is 2.45 bits per heavy atom. The average Bonchev–Trinajstić information content (AvgIpc) is 3.31. The molecule has 2 aromatic carbocycles. The van der Waals surface area contributed by atoms with Crippen LogP contribution in [0.2, 0.25) is 5.02 Å². The average molecular weight is 600 g/mol. The third-order valence-corrected chi connectivity index (χ3v) is 7.47. The van der Waals surface area contributed by atoms with Gasteiger partial charge in [-0.3, -0.25) is 24.2 Å².